The quantitative estimate of drug-likeness (QED) is 0.811. The van der Waals surface area contributed by atoms with E-state index in [1.165, 1.54) is 25.7 Å². The second-order valence-corrected chi connectivity index (χ2v) is 5.73. The minimum Gasteiger partial charge on any atom is -0.367 e. The van der Waals surface area contributed by atoms with E-state index >= 15 is 0 Å². The van der Waals surface area contributed by atoms with E-state index in [-0.39, 0.29) is 11.6 Å². The molecule has 1 aromatic rings. The molecule has 0 amide bonds. The van der Waals surface area contributed by atoms with Gasteiger partial charge in [-0.25, -0.2) is 0 Å². The molecule has 0 aromatic carbocycles. The average molecular weight is 281 g/mol. The fourth-order valence-electron chi connectivity index (χ4n) is 2.90. The van der Waals surface area contributed by atoms with Crippen LogP contribution >= 0.6 is 0 Å². The van der Waals surface area contributed by atoms with Gasteiger partial charge in [-0.05, 0) is 26.2 Å². The Hall–Kier alpha value is -0.940. The Morgan fingerprint density at radius 1 is 1.25 bits per heavy atom. The van der Waals surface area contributed by atoms with E-state index in [0.717, 1.165) is 25.1 Å². The van der Waals surface area contributed by atoms with Gasteiger partial charge in [0.2, 0.25) is 11.7 Å². The topological polar surface area (TPSA) is 74.2 Å². The first-order valence-electron chi connectivity index (χ1n) is 7.93. The summed E-state index contributed by atoms with van der Waals surface area (Å²) in [6, 6.07) is 0.0838. The summed E-state index contributed by atoms with van der Waals surface area (Å²) in [6.45, 7) is 4.77. The van der Waals surface area contributed by atoms with Crippen LogP contribution in [-0.2, 0) is 16.8 Å². The molecule has 0 bridgehead atoms. The van der Waals surface area contributed by atoms with E-state index in [0.29, 0.717) is 18.9 Å². The Morgan fingerprint density at radius 3 is 2.55 bits per heavy atom. The zero-order valence-corrected chi connectivity index (χ0v) is 12.7. The highest BCUT2D eigenvalue weighted by Crippen LogP contribution is 2.38. The molecule has 1 saturated carbocycles. The fraction of sp³-hybridized carbons (Fsp3) is 0.867. The predicted molar refractivity (Wildman–Crippen MR) is 77.3 cm³/mol. The highest BCUT2D eigenvalue weighted by atomic mass is 16.5. The van der Waals surface area contributed by atoms with Crippen molar-refractivity contribution in [1.29, 1.82) is 0 Å². The lowest BCUT2D eigenvalue weighted by Crippen LogP contribution is -2.31. The van der Waals surface area contributed by atoms with Gasteiger partial charge in [-0.1, -0.05) is 37.8 Å². The lowest BCUT2D eigenvalue weighted by Gasteiger charge is -2.29. The summed E-state index contributed by atoms with van der Waals surface area (Å²) >= 11 is 0. The Kier molecular flexibility index (Phi) is 5.54. The van der Waals surface area contributed by atoms with E-state index in [2.05, 4.69) is 17.1 Å². The third-order valence-corrected chi connectivity index (χ3v) is 4.17. The van der Waals surface area contributed by atoms with Gasteiger partial charge in [0.25, 0.3) is 0 Å². The third kappa shape index (κ3) is 3.58. The molecule has 2 rings (SSSR count). The molecule has 1 aliphatic rings. The maximum Gasteiger partial charge on any atom is 0.228 e. The summed E-state index contributed by atoms with van der Waals surface area (Å²) in [5.74, 6) is 1.36. The highest BCUT2D eigenvalue weighted by Gasteiger charge is 2.38. The summed E-state index contributed by atoms with van der Waals surface area (Å²) in [5.41, 5.74) is 5.61. The van der Waals surface area contributed by atoms with E-state index < -0.39 is 0 Å². The third-order valence-electron chi connectivity index (χ3n) is 4.17. The summed E-state index contributed by atoms with van der Waals surface area (Å²) in [5, 5.41) is 4.19. The minimum absolute atomic E-state index is 0.0838. The van der Waals surface area contributed by atoms with Gasteiger partial charge in [0.15, 0.2) is 0 Å². The van der Waals surface area contributed by atoms with Gasteiger partial charge in [0, 0.05) is 19.1 Å². The van der Waals surface area contributed by atoms with Gasteiger partial charge < -0.3 is 15.0 Å². The maximum absolute atomic E-state index is 6.06. The van der Waals surface area contributed by atoms with Crippen molar-refractivity contribution in [2.75, 3.05) is 6.61 Å². The molecular formula is C15H27N3O2. The van der Waals surface area contributed by atoms with Crippen molar-refractivity contribution in [3.8, 4) is 0 Å². The molecule has 0 spiro atoms. The van der Waals surface area contributed by atoms with E-state index in [1.807, 2.05) is 6.92 Å². The van der Waals surface area contributed by atoms with Crippen molar-refractivity contribution < 1.29 is 9.26 Å². The molecular weight excluding hydrogens is 254 g/mol. The van der Waals surface area contributed by atoms with Crippen LogP contribution in [0.5, 0.6) is 0 Å². The summed E-state index contributed by atoms with van der Waals surface area (Å²) in [7, 11) is 0. The van der Waals surface area contributed by atoms with Crippen LogP contribution in [0.4, 0.5) is 0 Å². The molecule has 1 fully saturated rings. The van der Waals surface area contributed by atoms with Crippen molar-refractivity contribution in [2.45, 2.75) is 76.9 Å². The molecule has 1 aliphatic carbocycles. The van der Waals surface area contributed by atoms with Crippen molar-refractivity contribution >= 4 is 0 Å². The van der Waals surface area contributed by atoms with Crippen LogP contribution in [0, 0.1) is 0 Å². The van der Waals surface area contributed by atoms with E-state index in [9.17, 15) is 0 Å². The molecule has 1 heterocycles. The second-order valence-electron chi connectivity index (χ2n) is 5.73. The zero-order chi connectivity index (χ0) is 14.4. The van der Waals surface area contributed by atoms with Gasteiger partial charge in [-0.3, -0.25) is 0 Å². The number of hydrogen-bond acceptors (Lipinski definition) is 5. The number of ether oxygens (including phenoxy) is 1. The van der Waals surface area contributed by atoms with Crippen LogP contribution in [0.15, 0.2) is 4.52 Å². The second kappa shape index (κ2) is 7.18. The van der Waals surface area contributed by atoms with Crippen LogP contribution < -0.4 is 5.73 Å². The molecule has 114 valence electrons. The highest BCUT2D eigenvalue weighted by molar-refractivity contribution is 5.03. The van der Waals surface area contributed by atoms with Crippen molar-refractivity contribution in [3.05, 3.63) is 11.7 Å². The molecule has 5 heteroatoms. The number of aromatic nitrogens is 2. The van der Waals surface area contributed by atoms with Crippen LogP contribution in [0.2, 0.25) is 0 Å². The van der Waals surface area contributed by atoms with Crippen molar-refractivity contribution in [2.24, 2.45) is 5.73 Å². The fourth-order valence-corrected chi connectivity index (χ4v) is 2.90. The molecule has 5 nitrogen and oxygen atoms in total. The Labute approximate surface area is 121 Å². The molecule has 20 heavy (non-hydrogen) atoms. The van der Waals surface area contributed by atoms with Gasteiger partial charge in [-0.15, -0.1) is 0 Å². The number of nitrogens with two attached hydrogens (primary N) is 1. The van der Waals surface area contributed by atoms with Gasteiger partial charge >= 0.3 is 0 Å². The van der Waals surface area contributed by atoms with Crippen molar-refractivity contribution in [3.63, 3.8) is 0 Å². The summed E-state index contributed by atoms with van der Waals surface area (Å²) in [6.07, 6.45) is 8.39. The predicted octanol–water partition coefficient (Wildman–Crippen LogP) is 2.94. The number of nitrogens with zero attached hydrogens (tertiary/aromatic N) is 2. The Bertz CT molecular complexity index is 398. The zero-order valence-electron chi connectivity index (χ0n) is 12.7. The van der Waals surface area contributed by atoms with E-state index in [4.69, 9.17) is 15.0 Å². The van der Waals surface area contributed by atoms with Crippen LogP contribution in [0.3, 0.4) is 0 Å². The monoisotopic (exact) mass is 281 g/mol. The van der Waals surface area contributed by atoms with Gasteiger partial charge in [-0.2, -0.15) is 4.98 Å². The molecule has 1 atom stereocenters. The first-order valence-corrected chi connectivity index (χ1v) is 7.93. The normalized spacial score (nSPS) is 20.6. The first-order chi connectivity index (χ1) is 9.70. The van der Waals surface area contributed by atoms with Gasteiger partial charge in [0.05, 0.1) is 0 Å². The molecule has 1 aromatic heterocycles. The largest absolute Gasteiger partial charge is 0.367 e. The molecule has 1 unspecified atom stereocenters. The number of rotatable bonds is 6. The average Bonchev–Trinajstić information content (AvgIpc) is 2.78. The molecule has 0 aliphatic heterocycles. The Morgan fingerprint density at radius 2 is 1.95 bits per heavy atom. The minimum atomic E-state index is -0.344. The summed E-state index contributed by atoms with van der Waals surface area (Å²) in [4.78, 5) is 4.57. The smallest absolute Gasteiger partial charge is 0.228 e. The molecule has 2 N–H and O–H groups in total. The summed E-state index contributed by atoms with van der Waals surface area (Å²) < 4.78 is 11.4. The lowest BCUT2D eigenvalue weighted by atomic mass is 9.93. The Balaban J connectivity index is 2.16. The maximum atomic E-state index is 6.06. The molecule has 0 saturated heterocycles. The molecule has 0 radical (unpaired) electrons. The van der Waals surface area contributed by atoms with E-state index in [1.54, 1.807) is 0 Å². The standard InChI is InChI=1S/C15H27N3O2/c1-3-12(16)11-13-17-14(18-20-13)15(19-4-2)9-7-5-6-8-10-15/h12H,3-11,16H2,1-2H3. The first kappa shape index (κ1) is 15.4. The van der Waals surface area contributed by atoms with Crippen LogP contribution in [0.25, 0.3) is 0 Å². The van der Waals surface area contributed by atoms with Crippen LogP contribution in [-0.4, -0.2) is 22.8 Å². The van der Waals surface area contributed by atoms with Crippen molar-refractivity contribution in [1.82, 2.24) is 10.1 Å². The van der Waals surface area contributed by atoms with Gasteiger partial charge in [0.1, 0.15) is 5.60 Å². The number of hydrogen-bond donors (Lipinski definition) is 1. The SMILES string of the molecule is CCOC1(c2noc(CC(N)CC)n2)CCCCCC1. The lowest BCUT2D eigenvalue weighted by molar-refractivity contribution is -0.0636. The van der Waals surface area contributed by atoms with Crippen LogP contribution in [0.1, 0.15) is 70.5 Å².